The van der Waals surface area contributed by atoms with Crippen molar-refractivity contribution in [3.05, 3.63) is 51.4 Å². The monoisotopic (exact) mass is 368 g/mol. The van der Waals surface area contributed by atoms with Crippen LogP contribution in [0.3, 0.4) is 0 Å². The van der Waals surface area contributed by atoms with Crippen LogP contribution in [0.5, 0.6) is 0 Å². The van der Waals surface area contributed by atoms with E-state index in [0.717, 1.165) is 24.0 Å². The van der Waals surface area contributed by atoms with Gasteiger partial charge in [-0.2, -0.15) is 0 Å². The molecule has 2 aromatic heterocycles. The third kappa shape index (κ3) is 3.05. The van der Waals surface area contributed by atoms with Crippen LogP contribution >= 0.6 is 11.3 Å². The Kier molecular flexibility index (Phi) is 4.59. The molecule has 0 unspecified atom stereocenters. The van der Waals surface area contributed by atoms with Crippen molar-refractivity contribution in [1.29, 1.82) is 0 Å². The van der Waals surface area contributed by atoms with Gasteiger partial charge in [0.25, 0.3) is 5.56 Å². The Morgan fingerprint density at radius 3 is 2.88 bits per heavy atom. The summed E-state index contributed by atoms with van der Waals surface area (Å²) in [4.78, 5) is 29.7. The molecule has 0 spiro atoms. The normalized spacial score (nSPS) is 13.6. The summed E-state index contributed by atoms with van der Waals surface area (Å²) in [5.41, 5.74) is 4.54. The first-order valence-corrected chi connectivity index (χ1v) is 9.79. The fraction of sp³-hybridized carbons (Fsp3) is 0.350. The molecule has 6 heteroatoms. The van der Waals surface area contributed by atoms with Gasteiger partial charge in [-0.3, -0.25) is 14.2 Å². The van der Waals surface area contributed by atoms with Gasteiger partial charge in [0, 0.05) is 10.9 Å². The molecule has 5 nitrogen and oxygen atoms in total. The number of esters is 1. The van der Waals surface area contributed by atoms with Gasteiger partial charge < -0.3 is 4.74 Å². The summed E-state index contributed by atoms with van der Waals surface area (Å²) in [6.07, 6.45) is 6.12. The van der Waals surface area contributed by atoms with Crippen LogP contribution in [0.1, 0.15) is 30.9 Å². The van der Waals surface area contributed by atoms with Crippen molar-refractivity contribution in [3.63, 3.8) is 0 Å². The van der Waals surface area contributed by atoms with E-state index >= 15 is 0 Å². The van der Waals surface area contributed by atoms with Gasteiger partial charge in [0.15, 0.2) is 0 Å². The number of nitrogens with zero attached hydrogens (tertiary/aromatic N) is 2. The smallest absolute Gasteiger partial charge is 0.326 e. The van der Waals surface area contributed by atoms with Crippen LogP contribution in [0.25, 0.3) is 21.3 Å². The molecule has 0 aliphatic heterocycles. The minimum Gasteiger partial charge on any atom is -0.465 e. The molecule has 2 heterocycles. The molecule has 1 aliphatic carbocycles. The minimum atomic E-state index is -0.429. The molecule has 4 rings (SSSR count). The Morgan fingerprint density at radius 2 is 2.08 bits per heavy atom. The van der Waals surface area contributed by atoms with E-state index < -0.39 is 5.97 Å². The molecule has 1 aliphatic rings. The highest BCUT2D eigenvalue weighted by Gasteiger charge is 2.17. The van der Waals surface area contributed by atoms with Crippen LogP contribution in [0, 0.1) is 0 Å². The number of ether oxygens (including phenoxy) is 1. The third-order valence-electron chi connectivity index (χ3n) is 4.82. The summed E-state index contributed by atoms with van der Waals surface area (Å²) < 4.78 is 6.28. The van der Waals surface area contributed by atoms with Crippen molar-refractivity contribution < 1.29 is 9.53 Å². The lowest BCUT2D eigenvalue weighted by Gasteiger charge is -2.16. The molecule has 0 bridgehead atoms. The molecule has 26 heavy (non-hydrogen) atoms. The Morgan fingerprint density at radius 1 is 1.27 bits per heavy atom. The SMILES string of the molecule is CCOC(=O)Cn1cnc2scc(-c3ccc4c(c3)CCCC4)c2c1=O. The van der Waals surface area contributed by atoms with E-state index in [9.17, 15) is 9.59 Å². The van der Waals surface area contributed by atoms with Gasteiger partial charge in [0.1, 0.15) is 11.4 Å². The van der Waals surface area contributed by atoms with E-state index in [1.165, 1.54) is 46.2 Å². The molecule has 0 saturated heterocycles. The molecule has 134 valence electrons. The zero-order valence-electron chi connectivity index (χ0n) is 14.7. The second-order valence-electron chi connectivity index (χ2n) is 6.50. The van der Waals surface area contributed by atoms with E-state index in [4.69, 9.17) is 4.74 Å². The van der Waals surface area contributed by atoms with E-state index in [2.05, 4.69) is 23.2 Å². The largest absolute Gasteiger partial charge is 0.465 e. The first kappa shape index (κ1) is 17.0. The first-order chi connectivity index (χ1) is 12.7. The van der Waals surface area contributed by atoms with Gasteiger partial charge in [0.05, 0.1) is 18.3 Å². The Hall–Kier alpha value is -2.47. The molecule has 0 radical (unpaired) electrons. The average molecular weight is 368 g/mol. The number of benzene rings is 1. The predicted octanol–water partition coefficient (Wildman–Crippen LogP) is 3.57. The molecule has 0 N–H and O–H groups in total. The lowest BCUT2D eigenvalue weighted by Crippen LogP contribution is -2.25. The van der Waals surface area contributed by atoms with Gasteiger partial charge in [-0.05, 0) is 49.3 Å². The van der Waals surface area contributed by atoms with Crippen LogP contribution in [-0.2, 0) is 28.9 Å². The number of aromatic nitrogens is 2. The van der Waals surface area contributed by atoms with E-state index in [1.807, 2.05) is 5.38 Å². The van der Waals surface area contributed by atoms with Crippen molar-refractivity contribution >= 4 is 27.5 Å². The standard InChI is InChI=1S/C20H20N2O3S/c1-2-25-17(23)10-22-12-21-19-18(20(22)24)16(11-26-19)15-8-7-13-5-3-4-6-14(13)9-15/h7-9,11-12H,2-6,10H2,1H3. The summed E-state index contributed by atoms with van der Waals surface area (Å²) in [6.45, 7) is 1.92. The van der Waals surface area contributed by atoms with Gasteiger partial charge in [-0.1, -0.05) is 18.2 Å². The van der Waals surface area contributed by atoms with Crippen molar-refractivity contribution in [2.24, 2.45) is 0 Å². The topological polar surface area (TPSA) is 61.2 Å². The second-order valence-corrected chi connectivity index (χ2v) is 7.36. The zero-order chi connectivity index (χ0) is 18.1. The molecule has 0 saturated carbocycles. The van der Waals surface area contributed by atoms with Crippen LogP contribution in [0.4, 0.5) is 0 Å². The predicted molar refractivity (Wildman–Crippen MR) is 103 cm³/mol. The summed E-state index contributed by atoms with van der Waals surface area (Å²) in [5.74, 6) is -0.429. The summed E-state index contributed by atoms with van der Waals surface area (Å²) >= 11 is 1.46. The number of hydrogen-bond acceptors (Lipinski definition) is 5. The fourth-order valence-electron chi connectivity index (χ4n) is 3.54. The fourth-order valence-corrected chi connectivity index (χ4v) is 4.45. The second kappa shape index (κ2) is 7.03. The number of carbonyl (C=O) groups is 1. The maximum Gasteiger partial charge on any atom is 0.326 e. The van der Waals surface area contributed by atoms with Crippen LogP contribution in [-0.4, -0.2) is 22.1 Å². The lowest BCUT2D eigenvalue weighted by atomic mass is 9.89. The van der Waals surface area contributed by atoms with Crippen molar-refractivity contribution in [1.82, 2.24) is 9.55 Å². The quantitative estimate of drug-likeness (QED) is 0.661. The molecule has 0 fully saturated rings. The number of hydrogen-bond donors (Lipinski definition) is 0. The number of carbonyl (C=O) groups excluding carboxylic acids is 1. The van der Waals surface area contributed by atoms with Crippen molar-refractivity contribution in [3.8, 4) is 11.1 Å². The van der Waals surface area contributed by atoms with Crippen molar-refractivity contribution in [2.45, 2.75) is 39.2 Å². The van der Waals surface area contributed by atoms with Gasteiger partial charge >= 0.3 is 5.97 Å². The highest BCUT2D eigenvalue weighted by molar-refractivity contribution is 7.17. The molecular formula is C20H20N2O3S. The molecule has 3 aromatic rings. The summed E-state index contributed by atoms with van der Waals surface area (Å²) in [7, 11) is 0. The third-order valence-corrected chi connectivity index (χ3v) is 5.71. The highest BCUT2D eigenvalue weighted by Crippen LogP contribution is 2.33. The van der Waals surface area contributed by atoms with E-state index in [1.54, 1.807) is 6.92 Å². The summed E-state index contributed by atoms with van der Waals surface area (Å²) in [6, 6.07) is 6.48. The van der Waals surface area contributed by atoms with E-state index in [-0.39, 0.29) is 12.1 Å². The minimum absolute atomic E-state index is 0.116. The number of fused-ring (bicyclic) bond motifs is 2. The number of thiophene rings is 1. The van der Waals surface area contributed by atoms with Crippen LogP contribution in [0.2, 0.25) is 0 Å². The van der Waals surface area contributed by atoms with Crippen LogP contribution < -0.4 is 5.56 Å². The molecule has 0 atom stereocenters. The van der Waals surface area contributed by atoms with E-state index in [0.29, 0.717) is 16.8 Å². The lowest BCUT2D eigenvalue weighted by molar-refractivity contribution is -0.143. The molecule has 1 aromatic carbocycles. The first-order valence-electron chi connectivity index (χ1n) is 8.92. The Balaban J connectivity index is 1.79. The Labute approximate surface area is 155 Å². The van der Waals surface area contributed by atoms with Gasteiger partial charge in [-0.15, -0.1) is 11.3 Å². The number of rotatable bonds is 4. The van der Waals surface area contributed by atoms with Crippen LogP contribution in [0.15, 0.2) is 34.7 Å². The summed E-state index contributed by atoms with van der Waals surface area (Å²) in [5, 5.41) is 2.57. The maximum absolute atomic E-state index is 12.9. The zero-order valence-corrected chi connectivity index (χ0v) is 15.5. The van der Waals surface area contributed by atoms with Gasteiger partial charge in [0.2, 0.25) is 0 Å². The molecule has 0 amide bonds. The average Bonchev–Trinajstić information content (AvgIpc) is 3.09. The Bertz CT molecular complexity index is 1040. The number of aryl methyl sites for hydroxylation is 2. The van der Waals surface area contributed by atoms with Crippen molar-refractivity contribution in [2.75, 3.05) is 6.61 Å². The highest BCUT2D eigenvalue weighted by atomic mass is 32.1. The van der Waals surface area contributed by atoms with Gasteiger partial charge in [-0.25, -0.2) is 4.98 Å². The molecular weight excluding hydrogens is 348 g/mol. The maximum atomic E-state index is 12.9.